The van der Waals surface area contributed by atoms with E-state index in [1.165, 1.54) is 11.1 Å². The molecule has 0 spiro atoms. The van der Waals surface area contributed by atoms with E-state index in [9.17, 15) is 13.2 Å². The number of ether oxygens (including phenoxy) is 1. The Morgan fingerprint density at radius 1 is 1.35 bits per heavy atom. The average molecular weight is 384 g/mol. The third-order valence-electron chi connectivity index (χ3n) is 3.93. The van der Waals surface area contributed by atoms with Crippen LogP contribution in [-0.4, -0.2) is 31.1 Å². The lowest BCUT2D eigenvalue weighted by Gasteiger charge is -2.11. The molecule has 0 saturated heterocycles. The molecule has 0 amide bonds. The van der Waals surface area contributed by atoms with Gasteiger partial charge in [-0.05, 0) is 23.6 Å². The Bertz CT molecular complexity index is 789. The first-order chi connectivity index (χ1) is 12.5. The Kier molecular flexibility index (Phi) is 5.65. The van der Waals surface area contributed by atoms with Crippen molar-refractivity contribution in [3.63, 3.8) is 0 Å². The van der Waals surface area contributed by atoms with E-state index in [1.807, 2.05) is 12.1 Å². The highest BCUT2D eigenvalue weighted by atomic mass is 32.1. The van der Waals surface area contributed by atoms with Crippen LogP contribution in [0.3, 0.4) is 0 Å². The minimum atomic E-state index is -4.41. The van der Waals surface area contributed by atoms with Crippen molar-refractivity contribution in [2.45, 2.75) is 25.6 Å². The Balaban J connectivity index is 1.45. The van der Waals surface area contributed by atoms with E-state index in [0.717, 1.165) is 41.9 Å². The molecule has 1 aromatic heterocycles. The first kappa shape index (κ1) is 18.5. The number of fused-ring (bicyclic) bond motifs is 1. The van der Waals surface area contributed by atoms with Crippen molar-refractivity contribution in [1.29, 1.82) is 0 Å². The van der Waals surface area contributed by atoms with Crippen molar-refractivity contribution in [2.24, 2.45) is 4.99 Å². The zero-order valence-electron chi connectivity index (χ0n) is 14.2. The number of hydrogen-bond donors (Lipinski definition) is 2. The summed E-state index contributed by atoms with van der Waals surface area (Å²) in [5, 5.41) is 7.51. The van der Waals surface area contributed by atoms with E-state index in [0.29, 0.717) is 17.5 Å². The molecule has 26 heavy (non-hydrogen) atoms. The maximum Gasteiger partial charge on any atom is 0.434 e. The Labute approximate surface area is 153 Å². The Morgan fingerprint density at radius 2 is 2.19 bits per heavy atom. The topological polar surface area (TPSA) is 58.5 Å². The van der Waals surface area contributed by atoms with Gasteiger partial charge in [-0.2, -0.15) is 13.2 Å². The first-order valence-electron chi connectivity index (χ1n) is 8.16. The molecule has 0 unspecified atom stereocenters. The molecule has 0 saturated carbocycles. The second kappa shape index (κ2) is 7.94. The molecule has 1 aromatic carbocycles. The van der Waals surface area contributed by atoms with Gasteiger partial charge < -0.3 is 15.4 Å². The summed E-state index contributed by atoms with van der Waals surface area (Å²) >= 11 is 0.973. The Hall–Kier alpha value is -2.29. The van der Waals surface area contributed by atoms with Gasteiger partial charge in [-0.25, -0.2) is 4.98 Å². The van der Waals surface area contributed by atoms with Gasteiger partial charge in [0.15, 0.2) is 11.7 Å². The normalized spacial score (nSPS) is 14.1. The fourth-order valence-electron chi connectivity index (χ4n) is 2.62. The molecule has 2 aromatic rings. The summed E-state index contributed by atoms with van der Waals surface area (Å²) in [7, 11) is 1.62. The van der Waals surface area contributed by atoms with Crippen molar-refractivity contribution in [3.05, 3.63) is 45.4 Å². The number of nitrogens with one attached hydrogen (secondary N) is 2. The molecule has 5 nitrogen and oxygen atoms in total. The fourth-order valence-corrected chi connectivity index (χ4v) is 3.36. The summed E-state index contributed by atoms with van der Waals surface area (Å²) in [5.74, 6) is 1.49. The SMILES string of the molecule is CN=C(NCCc1ccc2c(c1)CCO2)NCc1nc(C(F)(F)F)cs1. The number of thiazole rings is 1. The van der Waals surface area contributed by atoms with Crippen LogP contribution < -0.4 is 15.4 Å². The van der Waals surface area contributed by atoms with Crippen molar-refractivity contribution in [3.8, 4) is 5.75 Å². The lowest BCUT2D eigenvalue weighted by molar-refractivity contribution is -0.140. The molecule has 2 N–H and O–H groups in total. The molecule has 3 rings (SSSR count). The van der Waals surface area contributed by atoms with Crippen LogP contribution in [0.2, 0.25) is 0 Å². The van der Waals surface area contributed by atoms with Crippen LogP contribution in [0.5, 0.6) is 5.75 Å². The molecule has 9 heteroatoms. The van der Waals surface area contributed by atoms with Crippen molar-refractivity contribution < 1.29 is 17.9 Å². The minimum absolute atomic E-state index is 0.191. The number of aliphatic imine (C=N–C) groups is 1. The second-order valence-corrected chi connectivity index (χ2v) is 6.71. The van der Waals surface area contributed by atoms with Gasteiger partial charge in [0, 0.05) is 25.4 Å². The van der Waals surface area contributed by atoms with Gasteiger partial charge in [0.2, 0.25) is 0 Å². The zero-order chi connectivity index (χ0) is 18.6. The molecular formula is C17H19F3N4OS. The van der Waals surface area contributed by atoms with E-state index in [2.05, 4.69) is 26.7 Å². The summed E-state index contributed by atoms with van der Waals surface area (Å²) in [5.41, 5.74) is 1.57. The molecule has 1 aliphatic rings. The molecule has 0 fully saturated rings. The number of nitrogens with zero attached hydrogens (tertiary/aromatic N) is 2. The van der Waals surface area contributed by atoms with E-state index >= 15 is 0 Å². The van der Waals surface area contributed by atoms with E-state index in [-0.39, 0.29) is 6.54 Å². The van der Waals surface area contributed by atoms with Gasteiger partial charge in [0.25, 0.3) is 0 Å². The van der Waals surface area contributed by atoms with Crippen LogP contribution in [0, 0.1) is 0 Å². The zero-order valence-corrected chi connectivity index (χ0v) is 15.0. The molecule has 0 radical (unpaired) electrons. The van der Waals surface area contributed by atoms with Crippen LogP contribution in [-0.2, 0) is 25.6 Å². The summed E-state index contributed by atoms with van der Waals surface area (Å²) in [4.78, 5) is 7.66. The third kappa shape index (κ3) is 4.66. The maximum atomic E-state index is 12.6. The molecular weight excluding hydrogens is 365 g/mol. The third-order valence-corrected chi connectivity index (χ3v) is 4.78. The number of rotatable bonds is 5. The predicted molar refractivity (Wildman–Crippen MR) is 94.7 cm³/mol. The molecule has 1 aliphatic heterocycles. The Morgan fingerprint density at radius 3 is 2.92 bits per heavy atom. The van der Waals surface area contributed by atoms with Gasteiger partial charge in [-0.1, -0.05) is 12.1 Å². The van der Waals surface area contributed by atoms with E-state index in [1.54, 1.807) is 7.05 Å². The van der Waals surface area contributed by atoms with Gasteiger partial charge in [0.05, 0.1) is 13.2 Å². The largest absolute Gasteiger partial charge is 0.493 e. The highest BCUT2D eigenvalue weighted by Crippen LogP contribution is 2.30. The summed E-state index contributed by atoms with van der Waals surface area (Å²) in [6, 6.07) is 6.18. The van der Waals surface area contributed by atoms with Crippen LogP contribution in [0.1, 0.15) is 21.8 Å². The number of hydrogen-bond acceptors (Lipinski definition) is 4. The van der Waals surface area contributed by atoms with Crippen molar-refractivity contribution in [2.75, 3.05) is 20.2 Å². The van der Waals surface area contributed by atoms with Crippen LogP contribution >= 0.6 is 11.3 Å². The fraction of sp³-hybridized carbons (Fsp3) is 0.412. The first-order valence-corrected chi connectivity index (χ1v) is 9.04. The average Bonchev–Trinajstić information content (AvgIpc) is 3.26. The second-order valence-electron chi connectivity index (χ2n) is 5.77. The van der Waals surface area contributed by atoms with Gasteiger partial charge in [-0.3, -0.25) is 4.99 Å². The summed E-state index contributed by atoms with van der Waals surface area (Å²) in [6.07, 6.45) is -2.66. The smallest absolute Gasteiger partial charge is 0.434 e. The number of aromatic nitrogens is 1. The van der Waals surface area contributed by atoms with Crippen molar-refractivity contribution in [1.82, 2.24) is 15.6 Å². The minimum Gasteiger partial charge on any atom is -0.493 e. The quantitative estimate of drug-likeness (QED) is 0.615. The molecule has 0 atom stereocenters. The summed E-state index contributed by atoms with van der Waals surface area (Å²) in [6.45, 7) is 1.59. The van der Waals surface area contributed by atoms with Crippen molar-refractivity contribution >= 4 is 17.3 Å². The van der Waals surface area contributed by atoms with Crippen LogP contribution in [0.15, 0.2) is 28.6 Å². The number of halogens is 3. The number of alkyl halides is 3. The highest BCUT2D eigenvalue weighted by molar-refractivity contribution is 7.09. The monoisotopic (exact) mass is 384 g/mol. The van der Waals surface area contributed by atoms with Crippen LogP contribution in [0.4, 0.5) is 13.2 Å². The van der Waals surface area contributed by atoms with Crippen LogP contribution in [0.25, 0.3) is 0 Å². The summed E-state index contributed by atoms with van der Waals surface area (Å²) < 4.78 is 43.2. The van der Waals surface area contributed by atoms with Gasteiger partial charge in [-0.15, -0.1) is 11.3 Å². The van der Waals surface area contributed by atoms with Gasteiger partial charge >= 0.3 is 6.18 Å². The number of guanidine groups is 1. The highest BCUT2D eigenvalue weighted by Gasteiger charge is 2.33. The maximum absolute atomic E-state index is 12.6. The predicted octanol–water partition coefficient (Wildman–Crippen LogP) is 3.00. The standard InChI is InChI=1S/C17H19F3N4OS/c1-21-16(23-9-15-24-14(10-26-15)17(18,19)20)22-6-4-11-2-3-13-12(8-11)5-7-25-13/h2-3,8,10H,4-7,9H2,1H3,(H2,21,22,23). The van der Waals surface area contributed by atoms with E-state index < -0.39 is 11.9 Å². The molecule has 2 heterocycles. The molecule has 0 aliphatic carbocycles. The lowest BCUT2D eigenvalue weighted by Crippen LogP contribution is -2.37. The van der Waals surface area contributed by atoms with E-state index in [4.69, 9.17) is 4.74 Å². The van der Waals surface area contributed by atoms with Gasteiger partial charge in [0.1, 0.15) is 10.8 Å². The number of benzene rings is 1. The molecule has 0 bridgehead atoms. The molecule has 140 valence electrons. The lowest BCUT2D eigenvalue weighted by atomic mass is 10.1.